The second-order valence-electron chi connectivity index (χ2n) is 9.52. The Morgan fingerprint density at radius 3 is 2.66 bits per heavy atom. The van der Waals surface area contributed by atoms with Gasteiger partial charge in [-0.2, -0.15) is 0 Å². The van der Waals surface area contributed by atoms with E-state index in [1.54, 1.807) is 27.9 Å². The molecule has 2 unspecified atom stereocenters. The number of pyridine rings is 1. The molecule has 1 saturated heterocycles. The molecule has 32 heavy (non-hydrogen) atoms. The number of ether oxygens (including phenoxy) is 4. The lowest BCUT2D eigenvalue weighted by atomic mass is 9.87. The summed E-state index contributed by atoms with van der Waals surface area (Å²) in [7, 11) is 2.96. The van der Waals surface area contributed by atoms with Gasteiger partial charge in [0.25, 0.3) is 0 Å². The summed E-state index contributed by atoms with van der Waals surface area (Å²) < 4.78 is 22.5. The number of esters is 1. The van der Waals surface area contributed by atoms with E-state index in [0.717, 1.165) is 34.3 Å². The Morgan fingerprint density at radius 2 is 2.00 bits per heavy atom. The molecule has 8 nitrogen and oxygen atoms in total. The minimum atomic E-state index is -0.759. The Balaban J connectivity index is 1.70. The number of likely N-dealkylation sites (tertiary alicyclic amines) is 1. The summed E-state index contributed by atoms with van der Waals surface area (Å²) in [6.07, 6.45) is 1.19. The van der Waals surface area contributed by atoms with Crippen LogP contribution in [0.15, 0.2) is 18.2 Å². The van der Waals surface area contributed by atoms with Crippen molar-refractivity contribution in [3.63, 3.8) is 0 Å². The third kappa shape index (κ3) is 3.94. The number of aromatic nitrogens is 1. The van der Waals surface area contributed by atoms with Crippen LogP contribution in [0.5, 0.6) is 11.5 Å². The van der Waals surface area contributed by atoms with Gasteiger partial charge in [-0.3, -0.25) is 4.90 Å². The number of methoxy groups -OCH3 is 2. The standard InChI is InChI=1S/C24H30N2O6/c1-14-20-16(17-11-15(29-5)7-8-18(17)25-14)9-10-24(31-20)12-19(21(27)30-6)26(13-24)22(28)32-23(2,3)4/h7-8,11,19H,9-10,12-13H2,1-6H3. The summed E-state index contributed by atoms with van der Waals surface area (Å²) in [6, 6.07) is 5.05. The molecule has 8 heteroatoms. The molecule has 2 aliphatic heterocycles. The summed E-state index contributed by atoms with van der Waals surface area (Å²) in [5, 5.41) is 0.992. The smallest absolute Gasteiger partial charge is 0.411 e. The van der Waals surface area contributed by atoms with Crippen LogP contribution >= 0.6 is 0 Å². The van der Waals surface area contributed by atoms with Crippen molar-refractivity contribution in [3.05, 3.63) is 29.5 Å². The van der Waals surface area contributed by atoms with Crippen molar-refractivity contribution in [2.24, 2.45) is 0 Å². The maximum Gasteiger partial charge on any atom is 0.411 e. The number of hydrogen-bond donors (Lipinski definition) is 0. The summed E-state index contributed by atoms with van der Waals surface area (Å²) >= 11 is 0. The van der Waals surface area contributed by atoms with Crippen molar-refractivity contribution in [2.45, 2.75) is 64.2 Å². The molecule has 2 atom stereocenters. The van der Waals surface area contributed by atoms with E-state index in [0.29, 0.717) is 18.6 Å². The van der Waals surface area contributed by atoms with Gasteiger partial charge in [-0.1, -0.05) is 0 Å². The molecule has 2 aromatic rings. The van der Waals surface area contributed by atoms with Crippen molar-refractivity contribution in [1.82, 2.24) is 9.88 Å². The topological polar surface area (TPSA) is 87.2 Å². The zero-order valence-electron chi connectivity index (χ0n) is 19.5. The summed E-state index contributed by atoms with van der Waals surface area (Å²) in [5.41, 5.74) is 1.36. The van der Waals surface area contributed by atoms with Gasteiger partial charge in [-0.25, -0.2) is 14.6 Å². The van der Waals surface area contributed by atoms with Gasteiger partial charge in [0, 0.05) is 17.4 Å². The van der Waals surface area contributed by atoms with Gasteiger partial charge in [-0.15, -0.1) is 0 Å². The first-order valence-corrected chi connectivity index (χ1v) is 10.8. The third-order valence-electron chi connectivity index (χ3n) is 6.07. The fourth-order valence-corrected chi connectivity index (χ4v) is 4.62. The quantitative estimate of drug-likeness (QED) is 0.654. The van der Waals surface area contributed by atoms with Crippen molar-refractivity contribution in [2.75, 3.05) is 20.8 Å². The maximum atomic E-state index is 12.9. The Morgan fingerprint density at radius 1 is 1.25 bits per heavy atom. The van der Waals surface area contributed by atoms with E-state index in [1.165, 1.54) is 12.0 Å². The monoisotopic (exact) mass is 442 g/mol. The highest BCUT2D eigenvalue weighted by atomic mass is 16.6. The molecular weight excluding hydrogens is 412 g/mol. The minimum absolute atomic E-state index is 0.247. The first-order valence-electron chi connectivity index (χ1n) is 10.8. The van der Waals surface area contributed by atoms with Crippen molar-refractivity contribution >= 4 is 23.0 Å². The zero-order chi connectivity index (χ0) is 23.3. The Hall–Kier alpha value is -3.03. The number of nitrogens with zero attached hydrogens (tertiary/aromatic N) is 2. The Bertz CT molecular complexity index is 1080. The van der Waals surface area contributed by atoms with E-state index in [4.69, 9.17) is 23.9 Å². The number of benzene rings is 1. The summed E-state index contributed by atoms with van der Waals surface area (Å²) in [5.74, 6) is 1.00. The first-order chi connectivity index (χ1) is 15.1. The van der Waals surface area contributed by atoms with Gasteiger partial charge in [-0.05, 0) is 58.7 Å². The number of aryl methyl sites for hydroxylation is 2. The average molecular weight is 443 g/mol. The van der Waals surface area contributed by atoms with Crippen molar-refractivity contribution < 1.29 is 28.5 Å². The highest BCUT2D eigenvalue weighted by Gasteiger charge is 2.53. The van der Waals surface area contributed by atoms with E-state index < -0.39 is 29.3 Å². The van der Waals surface area contributed by atoms with Gasteiger partial charge >= 0.3 is 12.1 Å². The normalized spacial score (nSPS) is 22.4. The molecule has 0 saturated carbocycles. The van der Waals surface area contributed by atoms with E-state index in [1.807, 2.05) is 25.1 Å². The van der Waals surface area contributed by atoms with Crippen LogP contribution in [0.4, 0.5) is 4.79 Å². The summed E-state index contributed by atoms with van der Waals surface area (Å²) in [4.78, 5) is 31.6. The highest BCUT2D eigenvalue weighted by Crippen LogP contribution is 2.45. The molecular formula is C24H30N2O6. The van der Waals surface area contributed by atoms with Gasteiger partial charge in [0.15, 0.2) is 0 Å². The fraction of sp³-hybridized carbons (Fsp3) is 0.542. The average Bonchev–Trinajstić information content (AvgIpc) is 3.11. The molecule has 1 fully saturated rings. The number of fused-ring (bicyclic) bond motifs is 3. The molecule has 172 valence electrons. The molecule has 1 aromatic heterocycles. The van der Waals surface area contributed by atoms with Gasteiger partial charge < -0.3 is 18.9 Å². The van der Waals surface area contributed by atoms with E-state index in [9.17, 15) is 9.59 Å². The number of hydrogen-bond acceptors (Lipinski definition) is 7. The van der Waals surface area contributed by atoms with Crippen LogP contribution in [0, 0.1) is 6.92 Å². The third-order valence-corrected chi connectivity index (χ3v) is 6.07. The predicted octanol–water partition coefficient (Wildman–Crippen LogP) is 3.80. The van der Waals surface area contributed by atoms with Crippen LogP contribution in [-0.2, 0) is 20.7 Å². The molecule has 4 rings (SSSR count). The van der Waals surface area contributed by atoms with E-state index in [-0.39, 0.29) is 6.54 Å². The van der Waals surface area contributed by atoms with E-state index in [2.05, 4.69) is 0 Å². The highest BCUT2D eigenvalue weighted by molar-refractivity contribution is 5.87. The lowest BCUT2D eigenvalue weighted by Gasteiger charge is -2.36. The minimum Gasteiger partial charge on any atom is -0.497 e. The molecule has 0 bridgehead atoms. The molecule has 2 aliphatic rings. The predicted molar refractivity (Wildman–Crippen MR) is 118 cm³/mol. The lowest BCUT2D eigenvalue weighted by Crippen LogP contribution is -2.46. The maximum absolute atomic E-state index is 12.9. The molecule has 0 aliphatic carbocycles. The molecule has 3 heterocycles. The van der Waals surface area contributed by atoms with Crippen molar-refractivity contribution in [3.8, 4) is 11.5 Å². The van der Waals surface area contributed by atoms with E-state index >= 15 is 0 Å². The SMILES string of the molecule is COC(=O)C1CC2(CCc3c(c(C)nc4ccc(OC)cc34)O2)CN1C(=O)OC(C)(C)C. The number of carbonyl (C=O) groups is 2. The van der Waals surface area contributed by atoms with Crippen LogP contribution in [0.1, 0.15) is 44.9 Å². The van der Waals surface area contributed by atoms with Gasteiger partial charge in [0.05, 0.1) is 32.0 Å². The van der Waals surface area contributed by atoms with Crippen LogP contribution in [-0.4, -0.2) is 60.0 Å². The van der Waals surface area contributed by atoms with Crippen molar-refractivity contribution in [1.29, 1.82) is 0 Å². The zero-order valence-corrected chi connectivity index (χ0v) is 19.5. The van der Waals surface area contributed by atoms with Crippen LogP contribution in [0.3, 0.4) is 0 Å². The van der Waals surface area contributed by atoms with Gasteiger partial charge in [0.1, 0.15) is 28.7 Å². The van der Waals surface area contributed by atoms with Crippen LogP contribution < -0.4 is 9.47 Å². The number of amides is 1. The molecule has 0 N–H and O–H groups in total. The number of rotatable bonds is 2. The summed E-state index contributed by atoms with van der Waals surface area (Å²) in [6.45, 7) is 7.56. The Labute approximate surface area is 187 Å². The molecule has 1 spiro atoms. The molecule has 1 amide bonds. The largest absolute Gasteiger partial charge is 0.497 e. The fourth-order valence-electron chi connectivity index (χ4n) is 4.62. The lowest BCUT2D eigenvalue weighted by molar-refractivity contribution is -0.145. The van der Waals surface area contributed by atoms with Crippen LogP contribution in [0.2, 0.25) is 0 Å². The Kier molecular flexibility index (Phi) is 5.43. The second kappa shape index (κ2) is 7.83. The van der Waals surface area contributed by atoms with Gasteiger partial charge in [0.2, 0.25) is 0 Å². The molecule has 1 aromatic carbocycles. The second-order valence-corrected chi connectivity index (χ2v) is 9.52. The first kappa shape index (κ1) is 22.2. The van der Waals surface area contributed by atoms with Crippen LogP contribution in [0.25, 0.3) is 10.9 Å². The number of carbonyl (C=O) groups excluding carboxylic acids is 2. The molecule has 0 radical (unpaired) electrons.